The minimum absolute atomic E-state index is 0.245. The van der Waals surface area contributed by atoms with Gasteiger partial charge in [0.05, 0.1) is 7.11 Å². The van der Waals surface area contributed by atoms with Crippen LogP contribution in [0, 0.1) is 27.7 Å². The number of aryl methyl sites for hydroxylation is 4. The van der Waals surface area contributed by atoms with Gasteiger partial charge in [-0.25, -0.2) is 4.79 Å². The third-order valence-electron chi connectivity index (χ3n) is 5.14. The van der Waals surface area contributed by atoms with E-state index >= 15 is 0 Å². The third kappa shape index (κ3) is 4.55. The molecule has 2 atom stereocenters. The van der Waals surface area contributed by atoms with Crippen LogP contribution in [0.15, 0.2) is 33.1 Å². The number of alkyl halides is 3. The number of carbonyl (C=O) groups is 1. The maximum Gasteiger partial charge on any atom is 0.449 e. The number of benzene rings is 2. The number of halogens is 3. The van der Waals surface area contributed by atoms with Gasteiger partial charge in [0.15, 0.2) is 0 Å². The van der Waals surface area contributed by atoms with Gasteiger partial charge in [-0.15, -0.1) is 18.5 Å². The number of hydrogen-bond acceptors (Lipinski definition) is 4. The lowest BCUT2D eigenvalue weighted by Crippen LogP contribution is -2.02. The van der Waals surface area contributed by atoms with Gasteiger partial charge in [-0.2, -0.15) is 13.2 Å². The van der Waals surface area contributed by atoms with Crippen LogP contribution in [0.3, 0.4) is 0 Å². The summed E-state index contributed by atoms with van der Waals surface area (Å²) in [6.07, 6.45) is -4.43. The molecule has 170 valence electrons. The van der Waals surface area contributed by atoms with Crippen molar-refractivity contribution in [1.29, 1.82) is 0 Å². The lowest BCUT2D eigenvalue weighted by Gasteiger charge is -2.02. The summed E-state index contributed by atoms with van der Waals surface area (Å²) in [5.41, 5.74) is 4.89. The largest absolute Gasteiger partial charge is 0.463 e. The fourth-order valence-corrected chi connectivity index (χ4v) is 4.07. The van der Waals surface area contributed by atoms with Crippen molar-refractivity contribution in [2.45, 2.75) is 33.9 Å². The zero-order chi connectivity index (χ0) is 24.0. The lowest BCUT2D eigenvalue weighted by molar-refractivity contribution is -0.152. The van der Waals surface area contributed by atoms with Crippen LogP contribution in [0.4, 0.5) is 13.2 Å². The van der Waals surface area contributed by atoms with Crippen molar-refractivity contribution in [3.63, 3.8) is 0 Å². The second-order valence-corrected chi connectivity index (χ2v) is 8.70. The topological polar surface area (TPSA) is 52.6 Å². The Morgan fingerprint density at radius 3 is 1.75 bits per heavy atom. The Balaban J connectivity index is 0.000000181. The maximum atomic E-state index is 12.5. The molecule has 0 amide bonds. The standard InChI is InChI=1S/C12H13O3P.C11H10F3OP/c1-6-4-7(2)11(16)8-5-9(12(13)14-3)15-10(6)8;1-5-3-6(2)10(16)7-4-8(11(12,13)14)15-9(5)7/h4-5H,16H2,1-3H3;3-4H,16H2,1-2H3. The molecule has 4 rings (SSSR count). The van der Waals surface area contributed by atoms with Gasteiger partial charge >= 0.3 is 12.1 Å². The van der Waals surface area contributed by atoms with Gasteiger partial charge < -0.3 is 13.6 Å². The first-order chi connectivity index (χ1) is 14.8. The highest BCUT2D eigenvalue weighted by molar-refractivity contribution is 7.28. The molecule has 0 N–H and O–H groups in total. The minimum atomic E-state index is -4.43. The molecule has 0 aliphatic heterocycles. The molecular weight excluding hydrogens is 459 g/mol. The third-order valence-corrected chi connectivity index (χ3v) is 6.68. The minimum Gasteiger partial charge on any atom is -0.463 e. The molecule has 0 aliphatic rings. The van der Waals surface area contributed by atoms with Crippen molar-refractivity contribution < 1.29 is 31.5 Å². The lowest BCUT2D eigenvalue weighted by atomic mass is 10.1. The number of rotatable bonds is 1. The molecule has 32 heavy (non-hydrogen) atoms. The van der Waals surface area contributed by atoms with E-state index < -0.39 is 17.9 Å². The summed E-state index contributed by atoms with van der Waals surface area (Å²) in [7, 11) is 6.47. The van der Waals surface area contributed by atoms with Crippen molar-refractivity contribution in [3.05, 3.63) is 58.0 Å². The Morgan fingerprint density at radius 1 is 0.812 bits per heavy atom. The summed E-state index contributed by atoms with van der Waals surface area (Å²) in [6.45, 7) is 7.59. The number of hydrogen-bond donors (Lipinski definition) is 0. The van der Waals surface area contributed by atoms with Crippen LogP contribution in [0.5, 0.6) is 0 Å². The van der Waals surface area contributed by atoms with E-state index in [1.807, 2.05) is 32.9 Å². The van der Waals surface area contributed by atoms with E-state index in [-0.39, 0.29) is 5.76 Å². The summed E-state index contributed by atoms with van der Waals surface area (Å²) in [4.78, 5) is 11.4. The number of ether oxygens (including phenoxy) is 1. The van der Waals surface area contributed by atoms with E-state index in [0.29, 0.717) is 16.5 Å². The van der Waals surface area contributed by atoms with E-state index in [1.54, 1.807) is 13.0 Å². The van der Waals surface area contributed by atoms with Crippen LogP contribution >= 0.6 is 18.5 Å². The van der Waals surface area contributed by atoms with Gasteiger partial charge in [0.25, 0.3) is 0 Å². The first-order valence-electron chi connectivity index (χ1n) is 9.59. The van der Waals surface area contributed by atoms with Gasteiger partial charge in [0.2, 0.25) is 11.5 Å². The van der Waals surface area contributed by atoms with Crippen molar-refractivity contribution in [3.8, 4) is 0 Å². The predicted molar refractivity (Wildman–Crippen MR) is 126 cm³/mol. The molecule has 0 spiro atoms. The number of furan rings is 2. The van der Waals surface area contributed by atoms with Crippen LogP contribution in [-0.4, -0.2) is 13.1 Å². The van der Waals surface area contributed by atoms with Gasteiger partial charge in [-0.3, -0.25) is 0 Å². The zero-order valence-corrected chi connectivity index (χ0v) is 20.5. The molecule has 2 heterocycles. The van der Waals surface area contributed by atoms with Crippen molar-refractivity contribution in [2.75, 3.05) is 7.11 Å². The second kappa shape index (κ2) is 8.88. The SMILES string of the molecule is COC(=O)c1cc2c(P)c(C)cc(C)c2o1.Cc1cc(C)c2oc(C(F)(F)F)cc2c1P. The van der Waals surface area contributed by atoms with E-state index in [2.05, 4.69) is 23.2 Å². The molecule has 0 saturated heterocycles. The summed E-state index contributed by atoms with van der Waals surface area (Å²) >= 11 is 0. The van der Waals surface area contributed by atoms with Crippen molar-refractivity contribution in [2.24, 2.45) is 0 Å². The summed E-state index contributed by atoms with van der Waals surface area (Å²) in [5, 5.41) is 3.26. The fourth-order valence-electron chi connectivity index (χ4n) is 3.47. The maximum absolute atomic E-state index is 12.5. The Hall–Kier alpha value is -2.36. The number of methoxy groups -OCH3 is 1. The van der Waals surface area contributed by atoms with Crippen LogP contribution < -0.4 is 10.6 Å². The van der Waals surface area contributed by atoms with Gasteiger partial charge in [0, 0.05) is 10.8 Å². The summed E-state index contributed by atoms with van der Waals surface area (Å²) in [5.74, 6) is -1.15. The molecule has 0 aliphatic carbocycles. The Bertz CT molecular complexity index is 1330. The van der Waals surface area contributed by atoms with Crippen LogP contribution in [0.1, 0.15) is 38.6 Å². The summed E-state index contributed by atoms with van der Waals surface area (Å²) < 4.78 is 52.5. The van der Waals surface area contributed by atoms with E-state index in [9.17, 15) is 18.0 Å². The van der Waals surface area contributed by atoms with Gasteiger partial charge in [-0.1, -0.05) is 12.1 Å². The van der Waals surface area contributed by atoms with Crippen LogP contribution in [-0.2, 0) is 10.9 Å². The molecule has 2 aromatic carbocycles. The molecule has 0 bridgehead atoms. The first kappa shape index (κ1) is 24.3. The van der Waals surface area contributed by atoms with E-state index in [4.69, 9.17) is 8.83 Å². The van der Waals surface area contributed by atoms with Crippen LogP contribution in [0.2, 0.25) is 0 Å². The average molecular weight is 482 g/mol. The highest BCUT2D eigenvalue weighted by atomic mass is 31.0. The Kier molecular flexibility index (Phi) is 6.74. The first-order valence-corrected chi connectivity index (χ1v) is 10.7. The van der Waals surface area contributed by atoms with Crippen molar-refractivity contribution in [1.82, 2.24) is 0 Å². The molecular formula is C23H23F3O4P2. The molecule has 2 aromatic heterocycles. The molecule has 0 fully saturated rings. The molecule has 0 saturated carbocycles. The van der Waals surface area contributed by atoms with Crippen LogP contribution in [0.25, 0.3) is 21.9 Å². The number of esters is 1. The monoisotopic (exact) mass is 482 g/mol. The van der Waals surface area contributed by atoms with Crippen molar-refractivity contribution >= 4 is 57.0 Å². The summed E-state index contributed by atoms with van der Waals surface area (Å²) in [6, 6.07) is 6.63. The highest BCUT2D eigenvalue weighted by Gasteiger charge is 2.35. The Labute approximate surface area is 187 Å². The van der Waals surface area contributed by atoms with E-state index in [1.165, 1.54) is 7.11 Å². The molecule has 0 radical (unpaired) electrons. The highest BCUT2D eigenvalue weighted by Crippen LogP contribution is 2.35. The van der Waals surface area contributed by atoms with Gasteiger partial charge in [0.1, 0.15) is 11.2 Å². The predicted octanol–water partition coefficient (Wildman–Crippen LogP) is 5.91. The molecule has 4 nitrogen and oxygen atoms in total. The molecule has 9 heteroatoms. The smallest absolute Gasteiger partial charge is 0.449 e. The zero-order valence-electron chi connectivity index (χ0n) is 18.2. The number of carbonyl (C=O) groups excluding carboxylic acids is 1. The fraction of sp³-hybridized carbons (Fsp3) is 0.261. The number of fused-ring (bicyclic) bond motifs is 2. The normalized spacial score (nSPS) is 11.6. The molecule has 4 aromatic rings. The van der Waals surface area contributed by atoms with E-state index in [0.717, 1.165) is 44.3 Å². The second-order valence-electron chi connectivity index (χ2n) is 7.54. The molecule has 2 unspecified atom stereocenters. The average Bonchev–Trinajstić information content (AvgIpc) is 3.36. The van der Waals surface area contributed by atoms with Gasteiger partial charge in [-0.05, 0) is 72.7 Å². The Morgan fingerprint density at radius 2 is 1.28 bits per heavy atom. The quantitative estimate of drug-likeness (QED) is 0.250.